The van der Waals surface area contributed by atoms with Gasteiger partial charge in [0.1, 0.15) is 28.7 Å². The minimum Gasteiger partial charge on any atom is -0.497 e. The van der Waals surface area contributed by atoms with Gasteiger partial charge < -0.3 is 23.7 Å². The average Bonchev–Trinajstić information content (AvgIpc) is 3.17. The molecule has 0 spiro atoms. The Kier molecular flexibility index (Phi) is 6.54. The molecule has 0 fully saturated rings. The van der Waals surface area contributed by atoms with E-state index in [1.807, 2.05) is 31.2 Å². The molecule has 0 radical (unpaired) electrons. The van der Waals surface area contributed by atoms with E-state index in [4.69, 9.17) is 23.7 Å². The molecular formula is C27H24O7. The fraction of sp³-hybridized carbons (Fsp3) is 0.185. The quantitative estimate of drug-likeness (QED) is 0.271. The Bertz CT molecular complexity index is 1250. The number of carbonyl (C=O) groups excluding carboxylic acids is 2. The summed E-state index contributed by atoms with van der Waals surface area (Å²) in [4.78, 5) is 25.6. The van der Waals surface area contributed by atoms with Crippen LogP contribution in [0.1, 0.15) is 38.8 Å². The van der Waals surface area contributed by atoms with E-state index < -0.39 is 5.97 Å². The summed E-state index contributed by atoms with van der Waals surface area (Å²) in [6.07, 6.45) is 1.67. The molecule has 3 aromatic carbocycles. The molecule has 7 nitrogen and oxygen atoms in total. The van der Waals surface area contributed by atoms with Crippen LogP contribution in [0.5, 0.6) is 28.7 Å². The Hall–Kier alpha value is -4.26. The molecule has 174 valence electrons. The highest BCUT2D eigenvalue weighted by Gasteiger charge is 2.30. The third kappa shape index (κ3) is 4.59. The van der Waals surface area contributed by atoms with Gasteiger partial charge in [-0.05, 0) is 61.9 Å². The Balaban J connectivity index is 1.57. The van der Waals surface area contributed by atoms with Crippen molar-refractivity contribution >= 4 is 17.8 Å². The van der Waals surface area contributed by atoms with Crippen LogP contribution in [0.4, 0.5) is 0 Å². The Morgan fingerprint density at radius 1 is 0.941 bits per heavy atom. The van der Waals surface area contributed by atoms with E-state index in [-0.39, 0.29) is 17.1 Å². The first kappa shape index (κ1) is 22.9. The summed E-state index contributed by atoms with van der Waals surface area (Å²) in [5.41, 5.74) is 2.03. The van der Waals surface area contributed by atoms with Crippen LogP contribution in [0.25, 0.3) is 6.08 Å². The topological polar surface area (TPSA) is 80.3 Å². The number of methoxy groups -OCH3 is 2. The lowest BCUT2D eigenvalue weighted by atomic mass is 10.1. The van der Waals surface area contributed by atoms with Crippen LogP contribution in [-0.4, -0.2) is 32.6 Å². The van der Waals surface area contributed by atoms with Crippen LogP contribution in [-0.2, 0) is 0 Å². The maximum atomic E-state index is 12.9. The molecule has 0 aliphatic carbocycles. The summed E-state index contributed by atoms with van der Waals surface area (Å²) in [5, 5.41) is 0. The number of ether oxygens (including phenoxy) is 5. The number of Topliss-reactive ketones (excluding diaryl/α,β-unsaturated/α-hetero) is 1. The molecule has 7 heteroatoms. The number of hydrogen-bond donors (Lipinski definition) is 0. The molecule has 34 heavy (non-hydrogen) atoms. The third-order valence-electron chi connectivity index (χ3n) is 5.32. The number of hydrogen-bond acceptors (Lipinski definition) is 7. The molecule has 0 amide bonds. The molecule has 1 aliphatic rings. The van der Waals surface area contributed by atoms with E-state index in [1.54, 1.807) is 43.3 Å². The standard InChI is InChI=1S/C27H24O7/c1-5-32-19-8-6-17(7-9-19)12-24-25(28)22-10-11-23(16(2)26(22)33-24)34-27(29)18-13-20(30-3)15-21(14-18)31-4/h6-15H,5H2,1-4H3/b24-12-. The highest BCUT2D eigenvalue weighted by atomic mass is 16.5. The fourth-order valence-electron chi connectivity index (χ4n) is 3.54. The van der Waals surface area contributed by atoms with Crippen molar-refractivity contribution in [3.05, 3.63) is 82.6 Å². The van der Waals surface area contributed by atoms with Crippen molar-refractivity contribution in [1.82, 2.24) is 0 Å². The minimum atomic E-state index is -0.588. The highest BCUT2D eigenvalue weighted by Crippen LogP contribution is 2.39. The molecule has 1 heterocycles. The van der Waals surface area contributed by atoms with E-state index >= 15 is 0 Å². The predicted octanol–water partition coefficient (Wildman–Crippen LogP) is 5.25. The Morgan fingerprint density at radius 3 is 2.24 bits per heavy atom. The van der Waals surface area contributed by atoms with Crippen molar-refractivity contribution in [1.29, 1.82) is 0 Å². The van der Waals surface area contributed by atoms with Crippen LogP contribution in [0.15, 0.2) is 60.4 Å². The largest absolute Gasteiger partial charge is 0.497 e. The summed E-state index contributed by atoms with van der Waals surface area (Å²) in [6, 6.07) is 15.3. The number of fused-ring (bicyclic) bond motifs is 1. The molecular weight excluding hydrogens is 436 g/mol. The van der Waals surface area contributed by atoms with Crippen molar-refractivity contribution in [2.75, 3.05) is 20.8 Å². The van der Waals surface area contributed by atoms with E-state index in [9.17, 15) is 9.59 Å². The molecule has 0 saturated carbocycles. The van der Waals surface area contributed by atoms with Gasteiger partial charge in [0.05, 0.1) is 32.0 Å². The van der Waals surface area contributed by atoms with E-state index in [1.165, 1.54) is 14.2 Å². The van der Waals surface area contributed by atoms with Gasteiger partial charge in [-0.3, -0.25) is 4.79 Å². The second-order valence-corrected chi connectivity index (χ2v) is 7.50. The van der Waals surface area contributed by atoms with E-state index in [0.717, 1.165) is 11.3 Å². The van der Waals surface area contributed by atoms with Crippen LogP contribution in [0.2, 0.25) is 0 Å². The lowest BCUT2D eigenvalue weighted by Gasteiger charge is -2.11. The van der Waals surface area contributed by atoms with Crippen LogP contribution in [0, 0.1) is 6.92 Å². The van der Waals surface area contributed by atoms with Crippen molar-refractivity contribution < 1.29 is 33.3 Å². The summed E-state index contributed by atoms with van der Waals surface area (Å²) < 4.78 is 27.4. The van der Waals surface area contributed by atoms with Crippen molar-refractivity contribution in [2.45, 2.75) is 13.8 Å². The summed E-state index contributed by atoms with van der Waals surface area (Å²) in [5.74, 6) is 1.73. The molecule has 0 unspecified atom stereocenters. The number of rotatable bonds is 7. The number of esters is 1. The molecule has 4 rings (SSSR count). The van der Waals surface area contributed by atoms with Crippen molar-refractivity contribution in [2.24, 2.45) is 0 Å². The highest BCUT2D eigenvalue weighted by molar-refractivity contribution is 6.15. The maximum Gasteiger partial charge on any atom is 0.343 e. The van der Waals surface area contributed by atoms with Gasteiger partial charge >= 0.3 is 5.97 Å². The van der Waals surface area contributed by atoms with Crippen LogP contribution < -0.4 is 23.7 Å². The maximum absolute atomic E-state index is 12.9. The van der Waals surface area contributed by atoms with Gasteiger partial charge in [-0.2, -0.15) is 0 Å². The van der Waals surface area contributed by atoms with Crippen LogP contribution in [0.3, 0.4) is 0 Å². The Labute approximate surface area is 197 Å². The van der Waals surface area contributed by atoms with Gasteiger partial charge in [0.2, 0.25) is 5.78 Å². The van der Waals surface area contributed by atoms with Crippen molar-refractivity contribution in [3.63, 3.8) is 0 Å². The van der Waals surface area contributed by atoms with Gasteiger partial charge in [0.15, 0.2) is 5.76 Å². The zero-order chi connectivity index (χ0) is 24.2. The number of benzene rings is 3. The SMILES string of the molecule is CCOc1ccc(/C=C2\Oc3c(ccc(OC(=O)c4cc(OC)cc(OC)c4)c3C)C2=O)cc1. The van der Waals surface area contributed by atoms with Gasteiger partial charge in [0.25, 0.3) is 0 Å². The first-order valence-electron chi connectivity index (χ1n) is 10.7. The second-order valence-electron chi connectivity index (χ2n) is 7.50. The summed E-state index contributed by atoms with van der Waals surface area (Å²) >= 11 is 0. The molecule has 0 N–H and O–H groups in total. The number of ketones is 1. The number of allylic oxidation sites excluding steroid dienone is 1. The van der Waals surface area contributed by atoms with E-state index in [2.05, 4.69) is 0 Å². The molecule has 0 aromatic heterocycles. The first-order valence-corrected chi connectivity index (χ1v) is 10.7. The van der Waals surface area contributed by atoms with Gasteiger partial charge in [-0.25, -0.2) is 4.79 Å². The monoisotopic (exact) mass is 460 g/mol. The molecule has 0 bridgehead atoms. The zero-order valence-corrected chi connectivity index (χ0v) is 19.3. The second kappa shape index (κ2) is 9.70. The zero-order valence-electron chi connectivity index (χ0n) is 19.3. The summed E-state index contributed by atoms with van der Waals surface area (Å²) in [7, 11) is 3.00. The molecule has 0 atom stereocenters. The van der Waals surface area contributed by atoms with Gasteiger partial charge in [0, 0.05) is 11.6 Å². The lowest BCUT2D eigenvalue weighted by molar-refractivity contribution is 0.0732. The minimum absolute atomic E-state index is 0.197. The third-order valence-corrected chi connectivity index (χ3v) is 5.32. The molecule has 1 aliphatic heterocycles. The smallest absolute Gasteiger partial charge is 0.343 e. The van der Waals surface area contributed by atoms with Crippen molar-refractivity contribution in [3.8, 4) is 28.7 Å². The van der Waals surface area contributed by atoms with Gasteiger partial charge in [-0.15, -0.1) is 0 Å². The summed E-state index contributed by atoms with van der Waals surface area (Å²) in [6.45, 7) is 4.23. The lowest BCUT2D eigenvalue weighted by Crippen LogP contribution is -2.10. The van der Waals surface area contributed by atoms with Gasteiger partial charge in [-0.1, -0.05) is 12.1 Å². The Morgan fingerprint density at radius 2 is 1.62 bits per heavy atom. The fourth-order valence-corrected chi connectivity index (χ4v) is 3.54. The number of carbonyl (C=O) groups is 2. The molecule has 3 aromatic rings. The average molecular weight is 460 g/mol. The van der Waals surface area contributed by atoms with E-state index in [0.29, 0.717) is 40.7 Å². The molecule has 0 saturated heterocycles. The van der Waals surface area contributed by atoms with Crippen LogP contribution >= 0.6 is 0 Å². The first-order chi connectivity index (χ1) is 16.4. The predicted molar refractivity (Wildman–Crippen MR) is 126 cm³/mol. The normalized spacial score (nSPS) is 13.3.